The third-order valence-electron chi connectivity index (χ3n) is 6.34. The van der Waals surface area contributed by atoms with E-state index in [2.05, 4.69) is 54.4 Å². The molecule has 1 fully saturated rings. The first kappa shape index (κ1) is 22.3. The van der Waals surface area contributed by atoms with Crippen LogP contribution in [0.15, 0.2) is 36.4 Å². The third-order valence-corrected chi connectivity index (χ3v) is 6.34. The molecule has 2 aromatic carbocycles. The third kappa shape index (κ3) is 5.13. The molecule has 0 radical (unpaired) electrons. The lowest BCUT2D eigenvalue weighted by atomic mass is 10.1. The molecule has 6 nitrogen and oxygen atoms in total. The molecule has 1 N–H and O–H groups in total. The van der Waals surface area contributed by atoms with Crippen molar-refractivity contribution in [2.75, 3.05) is 38.8 Å². The van der Waals surface area contributed by atoms with Gasteiger partial charge in [-0.25, -0.2) is 9.97 Å². The average Bonchev–Trinajstić information content (AvgIpc) is 3.04. The summed E-state index contributed by atoms with van der Waals surface area (Å²) in [6, 6.07) is 13.1. The lowest BCUT2D eigenvalue weighted by molar-refractivity contribution is 0.354. The lowest BCUT2D eigenvalue weighted by Gasteiger charge is -2.22. The van der Waals surface area contributed by atoms with Gasteiger partial charge >= 0.3 is 0 Å². The van der Waals surface area contributed by atoms with Crippen molar-refractivity contribution in [3.05, 3.63) is 53.2 Å². The standard InChI is InChI=1S/C26H34N4O2/c1-18-7-9-22-19(2)28-26(29-23(22)16-18)30-14-5-6-21(12-15-30)27-13-11-20-8-10-24(31-3)25(17-20)32-4/h7-10,16-17,21,27H,5-6,11-15H2,1-4H3/t21-/m1/s1. The number of methoxy groups -OCH3 is 2. The summed E-state index contributed by atoms with van der Waals surface area (Å²) in [7, 11) is 3.35. The number of ether oxygens (including phenoxy) is 2. The molecule has 1 aromatic heterocycles. The summed E-state index contributed by atoms with van der Waals surface area (Å²) < 4.78 is 10.8. The Kier molecular flexibility index (Phi) is 7.10. The molecule has 0 bridgehead atoms. The van der Waals surface area contributed by atoms with E-state index in [1.807, 2.05) is 6.07 Å². The molecule has 0 amide bonds. The maximum absolute atomic E-state index is 5.42. The molecule has 1 atom stereocenters. The fraction of sp³-hybridized carbons (Fsp3) is 0.462. The zero-order valence-corrected chi connectivity index (χ0v) is 19.6. The van der Waals surface area contributed by atoms with E-state index in [-0.39, 0.29) is 0 Å². The number of aromatic nitrogens is 2. The average molecular weight is 435 g/mol. The van der Waals surface area contributed by atoms with E-state index in [1.54, 1.807) is 14.2 Å². The minimum absolute atomic E-state index is 0.518. The summed E-state index contributed by atoms with van der Waals surface area (Å²) in [6.07, 6.45) is 4.38. The van der Waals surface area contributed by atoms with Gasteiger partial charge in [-0.3, -0.25) is 0 Å². The van der Waals surface area contributed by atoms with Crippen LogP contribution in [-0.2, 0) is 6.42 Å². The smallest absolute Gasteiger partial charge is 0.226 e. The molecular weight excluding hydrogens is 400 g/mol. The second kappa shape index (κ2) is 10.2. The molecule has 2 heterocycles. The van der Waals surface area contributed by atoms with Gasteiger partial charge in [0.15, 0.2) is 11.5 Å². The van der Waals surface area contributed by atoms with E-state index >= 15 is 0 Å². The van der Waals surface area contributed by atoms with E-state index < -0.39 is 0 Å². The molecule has 0 aliphatic carbocycles. The molecular formula is C26H34N4O2. The first-order chi connectivity index (χ1) is 15.6. The van der Waals surface area contributed by atoms with Gasteiger partial charge in [-0.15, -0.1) is 0 Å². The molecule has 3 aromatic rings. The lowest BCUT2D eigenvalue weighted by Crippen LogP contribution is -2.32. The van der Waals surface area contributed by atoms with E-state index in [9.17, 15) is 0 Å². The van der Waals surface area contributed by atoms with E-state index in [0.717, 1.165) is 72.9 Å². The molecule has 1 aliphatic rings. The van der Waals surface area contributed by atoms with Gasteiger partial charge in [0.2, 0.25) is 5.95 Å². The zero-order chi connectivity index (χ0) is 22.5. The Labute approximate surface area is 191 Å². The Morgan fingerprint density at radius 1 is 0.969 bits per heavy atom. The number of benzene rings is 2. The number of nitrogens with one attached hydrogen (secondary N) is 1. The van der Waals surface area contributed by atoms with Gasteiger partial charge in [-0.1, -0.05) is 18.2 Å². The van der Waals surface area contributed by atoms with Crippen LogP contribution in [0.4, 0.5) is 5.95 Å². The fourth-order valence-electron chi connectivity index (χ4n) is 4.48. The minimum Gasteiger partial charge on any atom is -0.493 e. The molecule has 4 rings (SSSR count). The summed E-state index contributed by atoms with van der Waals surface area (Å²) in [6.45, 7) is 7.13. The zero-order valence-electron chi connectivity index (χ0n) is 19.6. The van der Waals surface area contributed by atoms with Gasteiger partial charge in [0.25, 0.3) is 0 Å². The maximum Gasteiger partial charge on any atom is 0.226 e. The van der Waals surface area contributed by atoms with Crippen molar-refractivity contribution in [1.29, 1.82) is 0 Å². The number of aryl methyl sites for hydroxylation is 2. The van der Waals surface area contributed by atoms with Gasteiger partial charge in [-0.2, -0.15) is 0 Å². The van der Waals surface area contributed by atoms with Crippen molar-refractivity contribution in [1.82, 2.24) is 15.3 Å². The molecule has 32 heavy (non-hydrogen) atoms. The number of hydrogen-bond donors (Lipinski definition) is 1. The van der Waals surface area contributed by atoms with Crippen molar-refractivity contribution in [3.63, 3.8) is 0 Å². The highest BCUT2D eigenvalue weighted by Gasteiger charge is 2.19. The van der Waals surface area contributed by atoms with Crippen molar-refractivity contribution in [2.24, 2.45) is 0 Å². The Bertz CT molecular complexity index is 1070. The van der Waals surface area contributed by atoms with Crippen molar-refractivity contribution in [2.45, 2.75) is 45.6 Å². The molecule has 0 spiro atoms. The molecule has 0 saturated carbocycles. The summed E-state index contributed by atoms with van der Waals surface area (Å²) in [5, 5.41) is 4.90. The normalized spacial score (nSPS) is 16.8. The molecule has 1 aliphatic heterocycles. The Morgan fingerprint density at radius 2 is 1.81 bits per heavy atom. The van der Waals surface area contributed by atoms with Crippen LogP contribution in [0.2, 0.25) is 0 Å². The van der Waals surface area contributed by atoms with Crippen LogP contribution in [0.3, 0.4) is 0 Å². The highest BCUT2D eigenvalue weighted by Crippen LogP contribution is 2.28. The summed E-state index contributed by atoms with van der Waals surface area (Å²) in [5.41, 5.74) is 4.58. The van der Waals surface area contributed by atoms with Crippen LogP contribution >= 0.6 is 0 Å². The van der Waals surface area contributed by atoms with Crippen molar-refractivity contribution in [3.8, 4) is 11.5 Å². The SMILES string of the molecule is COc1ccc(CCN[C@@H]2CCCN(c3nc(C)c4ccc(C)cc4n3)CC2)cc1OC. The van der Waals surface area contributed by atoms with Gasteiger partial charge < -0.3 is 19.7 Å². The van der Waals surface area contributed by atoms with Crippen LogP contribution in [0.1, 0.15) is 36.1 Å². The number of hydrogen-bond acceptors (Lipinski definition) is 6. The van der Waals surface area contributed by atoms with Crippen LogP contribution < -0.4 is 19.7 Å². The number of nitrogens with zero attached hydrogens (tertiary/aromatic N) is 3. The van der Waals surface area contributed by atoms with Gasteiger partial charge in [0.1, 0.15) is 0 Å². The second-order valence-corrected chi connectivity index (χ2v) is 8.64. The molecule has 6 heteroatoms. The first-order valence-electron chi connectivity index (χ1n) is 11.5. The summed E-state index contributed by atoms with van der Waals surface area (Å²) in [4.78, 5) is 12.1. The first-order valence-corrected chi connectivity index (χ1v) is 11.5. The van der Waals surface area contributed by atoms with E-state index in [0.29, 0.717) is 6.04 Å². The van der Waals surface area contributed by atoms with E-state index in [1.165, 1.54) is 17.5 Å². The fourth-order valence-corrected chi connectivity index (χ4v) is 4.48. The number of fused-ring (bicyclic) bond motifs is 1. The molecule has 0 unspecified atom stereocenters. The van der Waals surface area contributed by atoms with Crippen molar-refractivity contribution >= 4 is 16.9 Å². The highest BCUT2D eigenvalue weighted by atomic mass is 16.5. The van der Waals surface area contributed by atoms with Crippen molar-refractivity contribution < 1.29 is 9.47 Å². The Morgan fingerprint density at radius 3 is 2.62 bits per heavy atom. The second-order valence-electron chi connectivity index (χ2n) is 8.64. The molecule has 1 saturated heterocycles. The summed E-state index contributed by atoms with van der Waals surface area (Å²) in [5.74, 6) is 2.43. The topological polar surface area (TPSA) is 59.5 Å². The predicted octanol–water partition coefficient (Wildman–Crippen LogP) is 4.46. The largest absolute Gasteiger partial charge is 0.493 e. The highest BCUT2D eigenvalue weighted by molar-refractivity contribution is 5.82. The van der Waals surface area contributed by atoms with Crippen LogP contribution in [0.5, 0.6) is 11.5 Å². The minimum atomic E-state index is 0.518. The van der Waals surface area contributed by atoms with Crippen LogP contribution in [-0.4, -0.2) is 49.9 Å². The predicted molar refractivity (Wildman–Crippen MR) is 130 cm³/mol. The Hall–Kier alpha value is -2.86. The number of rotatable bonds is 7. The van der Waals surface area contributed by atoms with Crippen LogP contribution in [0, 0.1) is 13.8 Å². The molecule has 170 valence electrons. The van der Waals surface area contributed by atoms with Gasteiger partial charge in [0, 0.05) is 24.5 Å². The van der Waals surface area contributed by atoms with Gasteiger partial charge in [0.05, 0.1) is 25.4 Å². The maximum atomic E-state index is 5.42. The van der Waals surface area contributed by atoms with Gasteiger partial charge in [-0.05, 0) is 75.4 Å². The summed E-state index contributed by atoms with van der Waals surface area (Å²) >= 11 is 0. The Balaban J connectivity index is 1.34. The monoisotopic (exact) mass is 434 g/mol. The number of anilines is 1. The van der Waals surface area contributed by atoms with Crippen LogP contribution in [0.25, 0.3) is 10.9 Å². The quantitative estimate of drug-likeness (QED) is 0.593. The van der Waals surface area contributed by atoms with E-state index in [4.69, 9.17) is 19.4 Å².